The van der Waals surface area contributed by atoms with Crippen LogP contribution in [-0.2, 0) is 0 Å². The number of methoxy groups -OCH3 is 1. The molecule has 1 aliphatic rings. The van der Waals surface area contributed by atoms with E-state index in [1.807, 2.05) is 30.3 Å². The van der Waals surface area contributed by atoms with Crippen molar-refractivity contribution in [1.29, 1.82) is 0 Å². The fourth-order valence-corrected chi connectivity index (χ4v) is 3.13. The van der Waals surface area contributed by atoms with Crippen molar-refractivity contribution in [2.45, 2.75) is 25.4 Å². The van der Waals surface area contributed by atoms with Gasteiger partial charge in [0, 0.05) is 18.5 Å². The van der Waals surface area contributed by atoms with E-state index in [-0.39, 0.29) is 18.0 Å². The summed E-state index contributed by atoms with van der Waals surface area (Å²) in [7, 11) is 1.66. The average molecular weight is 354 g/mol. The van der Waals surface area contributed by atoms with E-state index in [0.29, 0.717) is 11.7 Å². The van der Waals surface area contributed by atoms with Crippen LogP contribution in [0.25, 0.3) is 5.65 Å². The Labute approximate surface area is 151 Å². The zero-order chi connectivity index (χ0) is 18.1. The lowest BCUT2D eigenvalue weighted by Gasteiger charge is -2.10. The molecule has 0 bridgehead atoms. The average Bonchev–Trinajstić information content (AvgIpc) is 3.31. The third-order valence-electron chi connectivity index (χ3n) is 4.67. The minimum atomic E-state index is 0.0644. The third-order valence-corrected chi connectivity index (χ3v) is 4.67. The Morgan fingerprint density at radius 2 is 2.19 bits per heavy atom. The van der Waals surface area contributed by atoms with Gasteiger partial charge in [-0.2, -0.15) is 19.6 Å². The fourth-order valence-electron chi connectivity index (χ4n) is 3.13. The first kappa shape index (κ1) is 16.6. The summed E-state index contributed by atoms with van der Waals surface area (Å²) in [6.45, 7) is 3.82. The standard InChI is InChI=1S/C18H22N6O2/c1-11(12-4-3-5-13(8-12)25-2)15-9-16-21-18(22-17(19)24(16)23-15)26-14-6-7-20-10-14/h3-5,8-9,11,14,20H,6-7,10H2,1-2H3,(H2,19,21,22)/t11-,14+/m0/s1. The number of benzene rings is 1. The number of aromatic nitrogens is 4. The predicted octanol–water partition coefficient (Wildman–Crippen LogP) is 1.61. The number of nitrogen functional groups attached to an aromatic ring is 1. The lowest BCUT2D eigenvalue weighted by Crippen LogP contribution is -2.21. The zero-order valence-electron chi connectivity index (χ0n) is 14.8. The van der Waals surface area contributed by atoms with Crippen LogP contribution in [0.15, 0.2) is 30.3 Å². The first-order valence-electron chi connectivity index (χ1n) is 8.68. The summed E-state index contributed by atoms with van der Waals surface area (Å²) >= 11 is 0. The van der Waals surface area contributed by atoms with Gasteiger partial charge >= 0.3 is 6.01 Å². The number of hydrogen-bond acceptors (Lipinski definition) is 7. The molecule has 1 fully saturated rings. The smallest absolute Gasteiger partial charge is 0.322 e. The second-order valence-electron chi connectivity index (χ2n) is 6.43. The largest absolute Gasteiger partial charge is 0.497 e. The molecule has 0 unspecified atom stereocenters. The van der Waals surface area contributed by atoms with Crippen molar-refractivity contribution in [2.24, 2.45) is 0 Å². The summed E-state index contributed by atoms with van der Waals surface area (Å²) in [5, 5.41) is 7.83. The number of hydrogen-bond donors (Lipinski definition) is 2. The molecule has 26 heavy (non-hydrogen) atoms. The van der Waals surface area contributed by atoms with Crippen LogP contribution in [0, 0.1) is 0 Å². The Morgan fingerprint density at radius 1 is 1.31 bits per heavy atom. The molecule has 0 saturated carbocycles. The molecule has 0 amide bonds. The molecule has 0 spiro atoms. The quantitative estimate of drug-likeness (QED) is 0.718. The lowest BCUT2D eigenvalue weighted by molar-refractivity contribution is 0.204. The van der Waals surface area contributed by atoms with Crippen molar-refractivity contribution in [1.82, 2.24) is 24.9 Å². The van der Waals surface area contributed by atoms with Gasteiger partial charge in [0.05, 0.1) is 12.8 Å². The molecule has 2 atom stereocenters. The van der Waals surface area contributed by atoms with Crippen LogP contribution in [0.3, 0.4) is 0 Å². The van der Waals surface area contributed by atoms with E-state index < -0.39 is 0 Å². The van der Waals surface area contributed by atoms with Crippen molar-refractivity contribution < 1.29 is 9.47 Å². The molecule has 8 nitrogen and oxygen atoms in total. The Hall–Kier alpha value is -2.87. The van der Waals surface area contributed by atoms with E-state index in [1.54, 1.807) is 11.6 Å². The molecule has 0 radical (unpaired) electrons. The SMILES string of the molecule is COc1cccc([C@H](C)c2cc3nc(O[C@@H]4CCNC4)nc(N)n3n2)c1. The monoisotopic (exact) mass is 354 g/mol. The Kier molecular flexibility index (Phi) is 4.34. The van der Waals surface area contributed by atoms with Crippen LogP contribution < -0.4 is 20.5 Å². The van der Waals surface area contributed by atoms with Crippen LogP contribution in [0.1, 0.15) is 30.5 Å². The molecule has 3 N–H and O–H groups in total. The summed E-state index contributed by atoms with van der Waals surface area (Å²) in [4.78, 5) is 8.70. The van der Waals surface area contributed by atoms with E-state index in [1.165, 1.54) is 0 Å². The Morgan fingerprint density at radius 3 is 2.96 bits per heavy atom. The first-order valence-corrected chi connectivity index (χ1v) is 8.68. The van der Waals surface area contributed by atoms with Crippen molar-refractivity contribution in [2.75, 3.05) is 25.9 Å². The highest BCUT2D eigenvalue weighted by Gasteiger charge is 2.20. The van der Waals surface area contributed by atoms with Gasteiger partial charge in [0.25, 0.3) is 0 Å². The highest BCUT2D eigenvalue weighted by molar-refractivity contribution is 5.47. The number of anilines is 1. The van der Waals surface area contributed by atoms with Crippen LogP contribution in [0.5, 0.6) is 11.8 Å². The molecule has 1 saturated heterocycles. The molecule has 3 heterocycles. The second-order valence-corrected chi connectivity index (χ2v) is 6.43. The van der Waals surface area contributed by atoms with E-state index in [0.717, 1.165) is 36.5 Å². The fraction of sp³-hybridized carbons (Fsp3) is 0.389. The van der Waals surface area contributed by atoms with Gasteiger partial charge in [-0.3, -0.25) is 0 Å². The third kappa shape index (κ3) is 3.15. The summed E-state index contributed by atoms with van der Waals surface area (Å²) < 4.78 is 12.7. The van der Waals surface area contributed by atoms with E-state index >= 15 is 0 Å². The van der Waals surface area contributed by atoms with E-state index in [9.17, 15) is 0 Å². The van der Waals surface area contributed by atoms with Gasteiger partial charge in [-0.05, 0) is 30.7 Å². The minimum Gasteiger partial charge on any atom is -0.497 e. The Bertz CT molecular complexity index is 919. The maximum Gasteiger partial charge on any atom is 0.322 e. The first-order chi connectivity index (χ1) is 12.6. The van der Waals surface area contributed by atoms with Gasteiger partial charge < -0.3 is 20.5 Å². The van der Waals surface area contributed by atoms with Crippen molar-refractivity contribution >= 4 is 11.6 Å². The van der Waals surface area contributed by atoms with Gasteiger partial charge in [0.2, 0.25) is 5.95 Å². The number of nitrogens with two attached hydrogens (primary N) is 1. The summed E-state index contributed by atoms with van der Waals surface area (Å²) in [6, 6.07) is 10.2. The van der Waals surface area contributed by atoms with Crippen LogP contribution >= 0.6 is 0 Å². The normalized spacial score (nSPS) is 18.2. The van der Waals surface area contributed by atoms with E-state index in [4.69, 9.17) is 15.2 Å². The zero-order valence-corrected chi connectivity index (χ0v) is 14.8. The topological polar surface area (TPSA) is 99.6 Å². The van der Waals surface area contributed by atoms with Gasteiger partial charge in [0.1, 0.15) is 11.9 Å². The number of rotatable bonds is 5. The molecule has 2 aromatic heterocycles. The van der Waals surface area contributed by atoms with Crippen molar-refractivity contribution in [3.05, 3.63) is 41.6 Å². The molecular weight excluding hydrogens is 332 g/mol. The van der Waals surface area contributed by atoms with Crippen LogP contribution in [-0.4, -0.2) is 45.9 Å². The molecule has 0 aliphatic carbocycles. The van der Waals surface area contributed by atoms with Gasteiger partial charge in [-0.25, -0.2) is 0 Å². The number of ether oxygens (including phenoxy) is 2. The van der Waals surface area contributed by atoms with Crippen LogP contribution in [0.2, 0.25) is 0 Å². The molecular formula is C18H22N6O2. The van der Waals surface area contributed by atoms with Gasteiger partial charge in [-0.1, -0.05) is 19.1 Å². The van der Waals surface area contributed by atoms with Gasteiger partial charge in [0.15, 0.2) is 5.65 Å². The summed E-state index contributed by atoms with van der Waals surface area (Å²) in [6.07, 6.45) is 1.01. The maximum absolute atomic E-state index is 6.06. The number of nitrogens with zero attached hydrogens (tertiary/aromatic N) is 4. The molecule has 1 aliphatic heterocycles. The van der Waals surface area contributed by atoms with Gasteiger partial charge in [-0.15, -0.1) is 0 Å². The van der Waals surface area contributed by atoms with Crippen molar-refractivity contribution in [3.63, 3.8) is 0 Å². The predicted molar refractivity (Wildman–Crippen MR) is 97.6 cm³/mol. The molecule has 4 rings (SSSR count). The lowest BCUT2D eigenvalue weighted by atomic mass is 9.98. The highest BCUT2D eigenvalue weighted by Crippen LogP contribution is 2.27. The van der Waals surface area contributed by atoms with E-state index in [2.05, 4.69) is 27.3 Å². The summed E-state index contributed by atoms with van der Waals surface area (Å²) in [5.41, 5.74) is 8.66. The molecule has 8 heteroatoms. The molecule has 136 valence electrons. The van der Waals surface area contributed by atoms with Crippen LogP contribution in [0.4, 0.5) is 5.95 Å². The molecule has 1 aromatic carbocycles. The highest BCUT2D eigenvalue weighted by atomic mass is 16.5. The minimum absolute atomic E-state index is 0.0644. The Balaban J connectivity index is 1.64. The maximum atomic E-state index is 6.06. The van der Waals surface area contributed by atoms with Crippen molar-refractivity contribution in [3.8, 4) is 11.8 Å². The number of fused-ring (bicyclic) bond motifs is 1. The number of nitrogens with one attached hydrogen (secondary N) is 1. The summed E-state index contributed by atoms with van der Waals surface area (Å²) in [5.74, 6) is 1.15. The molecule has 3 aromatic rings. The second kappa shape index (κ2) is 6.80.